The summed E-state index contributed by atoms with van der Waals surface area (Å²) in [6.45, 7) is 0. The predicted molar refractivity (Wildman–Crippen MR) is 89.8 cm³/mol. The molecule has 25 heavy (non-hydrogen) atoms. The van der Waals surface area contributed by atoms with Crippen LogP contribution >= 0.6 is 0 Å². The Morgan fingerprint density at radius 2 is 1.60 bits per heavy atom. The lowest BCUT2D eigenvalue weighted by Crippen LogP contribution is -1.96. The van der Waals surface area contributed by atoms with Crippen molar-refractivity contribution in [3.05, 3.63) is 72.4 Å². The average molecular weight is 338 g/mol. The molecular formula is C19H12F2N2O2. The molecule has 4 rings (SSSR count). The lowest BCUT2D eigenvalue weighted by Gasteiger charge is -2.06. The van der Waals surface area contributed by atoms with E-state index in [9.17, 15) is 19.0 Å². The molecular weight excluding hydrogens is 326 g/mol. The number of hydrogen-bond donors (Lipinski definition) is 2. The van der Waals surface area contributed by atoms with E-state index < -0.39 is 17.5 Å². The second-order valence-electron chi connectivity index (χ2n) is 5.62. The third kappa shape index (κ3) is 2.57. The number of nitrogens with zero attached hydrogens (tertiary/aromatic N) is 2. The third-order valence-corrected chi connectivity index (χ3v) is 3.99. The fourth-order valence-electron chi connectivity index (χ4n) is 2.76. The summed E-state index contributed by atoms with van der Waals surface area (Å²) in [7, 11) is 0. The number of aromatic hydroxyl groups is 2. The number of benzene rings is 3. The Morgan fingerprint density at radius 3 is 2.32 bits per heavy atom. The highest BCUT2D eigenvalue weighted by molar-refractivity contribution is 5.82. The lowest BCUT2D eigenvalue weighted by atomic mass is 10.1. The highest BCUT2D eigenvalue weighted by Gasteiger charge is 2.15. The van der Waals surface area contributed by atoms with Crippen molar-refractivity contribution >= 4 is 10.9 Å². The van der Waals surface area contributed by atoms with Crippen LogP contribution in [0.2, 0.25) is 0 Å². The molecule has 4 nitrogen and oxygen atoms in total. The Hall–Kier alpha value is -3.41. The zero-order valence-corrected chi connectivity index (χ0v) is 12.8. The molecule has 0 saturated carbocycles. The van der Waals surface area contributed by atoms with E-state index >= 15 is 0 Å². The number of halogens is 2. The molecule has 2 N–H and O–H groups in total. The third-order valence-electron chi connectivity index (χ3n) is 3.99. The predicted octanol–water partition coefficient (Wildman–Crippen LogP) is 4.38. The molecule has 0 aliphatic carbocycles. The summed E-state index contributed by atoms with van der Waals surface area (Å²) in [6.07, 6.45) is 0. The molecule has 0 amide bonds. The molecule has 0 bridgehead atoms. The maximum atomic E-state index is 14.0. The largest absolute Gasteiger partial charge is 0.508 e. The van der Waals surface area contributed by atoms with Gasteiger partial charge in [0, 0.05) is 6.07 Å². The Balaban J connectivity index is 1.81. The van der Waals surface area contributed by atoms with Crippen molar-refractivity contribution in [2.75, 3.05) is 0 Å². The van der Waals surface area contributed by atoms with Crippen molar-refractivity contribution < 1.29 is 19.0 Å². The van der Waals surface area contributed by atoms with Gasteiger partial charge in [-0.25, -0.2) is 9.07 Å². The Bertz CT molecular complexity index is 1090. The first-order chi connectivity index (χ1) is 12.0. The van der Waals surface area contributed by atoms with E-state index in [4.69, 9.17) is 0 Å². The van der Waals surface area contributed by atoms with Gasteiger partial charge in [-0.1, -0.05) is 24.3 Å². The van der Waals surface area contributed by atoms with Gasteiger partial charge < -0.3 is 10.2 Å². The second-order valence-corrected chi connectivity index (χ2v) is 5.62. The topological polar surface area (TPSA) is 58.3 Å². The van der Waals surface area contributed by atoms with Crippen molar-refractivity contribution in [2.45, 2.75) is 0 Å². The summed E-state index contributed by atoms with van der Waals surface area (Å²) in [5.74, 6) is -2.11. The van der Waals surface area contributed by atoms with Crippen molar-refractivity contribution in [3.63, 3.8) is 0 Å². The highest BCUT2D eigenvalue weighted by Crippen LogP contribution is 2.29. The number of rotatable bonds is 2. The second kappa shape index (κ2) is 5.59. The summed E-state index contributed by atoms with van der Waals surface area (Å²) in [5, 5.41) is 22.9. The van der Waals surface area contributed by atoms with Crippen LogP contribution < -0.4 is 0 Å². The lowest BCUT2D eigenvalue weighted by molar-refractivity contribution is 0.433. The first-order valence-corrected chi connectivity index (χ1v) is 7.49. The van der Waals surface area contributed by atoms with Crippen LogP contribution in [0.1, 0.15) is 0 Å². The highest BCUT2D eigenvalue weighted by atomic mass is 19.1. The van der Waals surface area contributed by atoms with Gasteiger partial charge in [0.2, 0.25) is 5.95 Å². The quantitative estimate of drug-likeness (QED) is 0.570. The Kier molecular flexibility index (Phi) is 3.39. The minimum absolute atomic E-state index is 0.00708. The number of aromatic nitrogens is 2. The van der Waals surface area contributed by atoms with Crippen molar-refractivity contribution in [2.24, 2.45) is 0 Å². The molecule has 4 aromatic rings. The smallest absolute Gasteiger partial charge is 0.241 e. The number of hydrogen-bond acceptors (Lipinski definition) is 3. The summed E-state index contributed by atoms with van der Waals surface area (Å²) in [5.41, 5.74) is 2.53. The number of phenolic OH excluding ortho intramolecular Hbond substituents is 2. The monoisotopic (exact) mass is 338 g/mol. The molecule has 3 aromatic carbocycles. The Labute approximate surface area is 141 Å². The number of fused-ring (bicyclic) bond motifs is 1. The van der Waals surface area contributed by atoms with Crippen LogP contribution in [-0.4, -0.2) is 20.0 Å². The van der Waals surface area contributed by atoms with E-state index in [0.717, 1.165) is 23.3 Å². The molecule has 1 aromatic heterocycles. The molecule has 0 aliphatic heterocycles. The molecule has 0 radical (unpaired) electrons. The summed E-state index contributed by atoms with van der Waals surface area (Å²) < 4.78 is 28.7. The standard InChI is InChI=1S/C19H12F2N2O2/c20-16-9-15-17(10-18(16)25)23(22-19(15)21)13-6-4-11(5-7-13)12-2-1-3-14(24)8-12/h1-10,24-25H. The zero-order chi connectivity index (χ0) is 17.6. The SMILES string of the molecule is Oc1cccc(-c2ccc(-n3nc(F)c4cc(F)c(O)cc43)cc2)c1. The molecule has 0 spiro atoms. The van der Waals surface area contributed by atoms with Crippen LogP contribution in [0.25, 0.3) is 27.7 Å². The van der Waals surface area contributed by atoms with Gasteiger partial charge in [-0.2, -0.15) is 4.39 Å². The van der Waals surface area contributed by atoms with Crippen LogP contribution in [0.3, 0.4) is 0 Å². The van der Waals surface area contributed by atoms with Crippen molar-refractivity contribution in [1.82, 2.24) is 9.78 Å². The fraction of sp³-hybridized carbons (Fsp3) is 0. The zero-order valence-electron chi connectivity index (χ0n) is 12.8. The minimum atomic E-state index is -0.898. The summed E-state index contributed by atoms with van der Waals surface area (Å²) in [6, 6.07) is 16.0. The summed E-state index contributed by atoms with van der Waals surface area (Å²) in [4.78, 5) is 0. The average Bonchev–Trinajstić information content (AvgIpc) is 2.92. The summed E-state index contributed by atoms with van der Waals surface area (Å²) >= 11 is 0. The van der Waals surface area contributed by atoms with Gasteiger partial charge in [0.05, 0.1) is 16.6 Å². The molecule has 124 valence electrons. The normalized spacial score (nSPS) is 11.1. The van der Waals surface area contributed by atoms with E-state index in [-0.39, 0.29) is 16.7 Å². The molecule has 6 heteroatoms. The van der Waals surface area contributed by atoms with Gasteiger partial charge in [0.25, 0.3) is 0 Å². The molecule has 0 unspecified atom stereocenters. The van der Waals surface area contributed by atoms with Crippen LogP contribution in [-0.2, 0) is 0 Å². The maximum Gasteiger partial charge on any atom is 0.241 e. The molecule has 0 fully saturated rings. The van der Waals surface area contributed by atoms with Crippen LogP contribution in [0.4, 0.5) is 8.78 Å². The van der Waals surface area contributed by atoms with Crippen LogP contribution in [0, 0.1) is 11.8 Å². The van der Waals surface area contributed by atoms with Gasteiger partial charge >= 0.3 is 0 Å². The molecule has 0 aliphatic rings. The van der Waals surface area contributed by atoms with E-state index in [1.54, 1.807) is 42.5 Å². The molecule has 0 atom stereocenters. The maximum absolute atomic E-state index is 14.0. The van der Waals surface area contributed by atoms with Gasteiger partial charge in [-0.05, 0) is 41.5 Å². The first kappa shape index (κ1) is 15.1. The minimum Gasteiger partial charge on any atom is -0.508 e. The molecule has 1 heterocycles. The van der Waals surface area contributed by atoms with Gasteiger partial charge in [0.1, 0.15) is 5.75 Å². The van der Waals surface area contributed by atoms with E-state index in [1.807, 2.05) is 6.07 Å². The van der Waals surface area contributed by atoms with Gasteiger partial charge in [0.15, 0.2) is 11.6 Å². The van der Waals surface area contributed by atoms with Gasteiger partial charge in [-0.3, -0.25) is 0 Å². The number of phenols is 2. The van der Waals surface area contributed by atoms with E-state index in [0.29, 0.717) is 5.69 Å². The van der Waals surface area contributed by atoms with E-state index in [1.165, 1.54) is 4.68 Å². The van der Waals surface area contributed by atoms with E-state index in [2.05, 4.69) is 5.10 Å². The van der Waals surface area contributed by atoms with Crippen molar-refractivity contribution in [1.29, 1.82) is 0 Å². The van der Waals surface area contributed by atoms with Crippen LogP contribution in [0.5, 0.6) is 11.5 Å². The van der Waals surface area contributed by atoms with Gasteiger partial charge in [-0.15, -0.1) is 5.10 Å². The van der Waals surface area contributed by atoms with Crippen LogP contribution in [0.15, 0.2) is 60.7 Å². The molecule has 0 saturated heterocycles. The van der Waals surface area contributed by atoms with Crippen molar-refractivity contribution in [3.8, 4) is 28.3 Å². The Morgan fingerprint density at radius 1 is 0.840 bits per heavy atom. The fourth-order valence-corrected chi connectivity index (χ4v) is 2.76. The first-order valence-electron chi connectivity index (χ1n) is 7.49.